The normalized spacial score (nSPS) is 14.9. The van der Waals surface area contributed by atoms with Gasteiger partial charge in [0.25, 0.3) is 0 Å². The molecule has 0 saturated carbocycles. The van der Waals surface area contributed by atoms with E-state index in [0.29, 0.717) is 12.8 Å². The Balaban J connectivity index is 3.82. The first kappa shape index (κ1) is 35.3. The van der Waals surface area contributed by atoms with Crippen molar-refractivity contribution in [3.05, 3.63) is 0 Å². The zero-order valence-electron chi connectivity index (χ0n) is 23.8. The summed E-state index contributed by atoms with van der Waals surface area (Å²) in [4.78, 5) is 12.3. The van der Waals surface area contributed by atoms with Crippen LogP contribution in [0, 0.1) is 0 Å². The first-order valence-electron chi connectivity index (χ1n) is 15.4. The fraction of sp³-hybridized carbons (Fsp3) is 0.967. The molecule has 0 heterocycles. The molecule has 0 aliphatic carbocycles. The van der Waals surface area contributed by atoms with Crippen LogP contribution in [0.1, 0.15) is 155 Å². The highest BCUT2D eigenvalue weighted by atomic mass is 16.3. The number of hydrogen-bond acceptors (Lipinski definition) is 5. The summed E-state index contributed by atoms with van der Waals surface area (Å²) >= 11 is 0. The Morgan fingerprint density at radius 2 is 0.944 bits per heavy atom. The van der Waals surface area contributed by atoms with Gasteiger partial charge < -0.3 is 25.7 Å². The second kappa shape index (κ2) is 25.9. The summed E-state index contributed by atoms with van der Waals surface area (Å²) in [6.45, 7) is 3.94. The Morgan fingerprint density at radius 1 is 0.583 bits per heavy atom. The predicted octanol–water partition coefficient (Wildman–Crippen LogP) is 6.17. The van der Waals surface area contributed by atoms with E-state index in [1.807, 2.05) is 0 Å². The second-order valence-corrected chi connectivity index (χ2v) is 10.8. The minimum absolute atomic E-state index is 0.373. The molecule has 0 fully saturated rings. The van der Waals surface area contributed by atoms with Crippen molar-refractivity contribution in [3.8, 4) is 0 Å². The lowest BCUT2D eigenvalue weighted by Gasteiger charge is -2.27. The van der Waals surface area contributed by atoms with E-state index in [4.69, 9.17) is 0 Å². The van der Waals surface area contributed by atoms with Crippen molar-refractivity contribution < 1.29 is 25.2 Å². The topological polar surface area (TPSA) is 110 Å². The van der Waals surface area contributed by atoms with Crippen LogP contribution in [0.2, 0.25) is 0 Å². The lowest BCUT2D eigenvalue weighted by Crippen LogP contribution is -2.53. The van der Waals surface area contributed by atoms with Crippen LogP contribution in [-0.4, -0.2) is 57.3 Å². The Bertz CT molecular complexity index is 476. The molecule has 0 aliphatic heterocycles. The van der Waals surface area contributed by atoms with Crippen LogP contribution in [0.4, 0.5) is 0 Å². The summed E-state index contributed by atoms with van der Waals surface area (Å²) in [6, 6.07) is -0.974. The van der Waals surface area contributed by atoms with Crippen molar-refractivity contribution in [3.63, 3.8) is 0 Å². The summed E-state index contributed by atoms with van der Waals surface area (Å²) in [7, 11) is 0. The molecule has 0 saturated heterocycles. The average Bonchev–Trinajstić information content (AvgIpc) is 2.88. The van der Waals surface area contributed by atoms with Crippen LogP contribution in [-0.2, 0) is 4.79 Å². The molecule has 0 spiro atoms. The molecule has 0 aromatic rings. The number of aliphatic hydroxyl groups is 4. The van der Waals surface area contributed by atoms with Crippen LogP contribution in [0.3, 0.4) is 0 Å². The van der Waals surface area contributed by atoms with Crippen molar-refractivity contribution in [2.45, 2.75) is 179 Å². The molecule has 0 rings (SSSR count). The highest BCUT2D eigenvalue weighted by Gasteiger charge is 2.28. The SMILES string of the molecule is CCCCCCCCCCCCCCCCC(O)C(=O)NC(CO)C(O)C(O)CCCCCCCC. The van der Waals surface area contributed by atoms with E-state index in [2.05, 4.69) is 19.2 Å². The van der Waals surface area contributed by atoms with E-state index in [-0.39, 0.29) is 0 Å². The van der Waals surface area contributed by atoms with Gasteiger partial charge in [-0.25, -0.2) is 0 Å². The monoisotopic (exact) mass is 515 g/mol. The number of carbonyl (C=O) groups is 1. The summed E-state index contributed by atoms with van der Waals surface area (Å²) < 4.78 is 0. The number of carbonyl (C=O) groups excluding carboxylic acids is 1. The Morgan fingerprint density at radius 3 is 1.33 bits per heavy atom. The summed E-state index contributed by atoms with van der Waals surface area (Å²) in [5, 5.41) is 42.9. The highest BCUT2D eigenvalue weighted by Crippen LogP contribution is 2.15. The molecule has 0 aromatic carbocycles. The largest absolute Gasteiger partial charge is 0.394 e. The lowest BCUT2D eigenvalue weighted by molar-refractivity contribution is -0.132. The third-order valence-electron chi connectivity index (χ3n) is 7.32. The van der Waals surface area contributed by atoms with Crippen LogP contribution in [0.25, 0.3) is 0 Å². The standard InChI is InChI=1S/C30H61NO5/c1-3-5-7-9-11-12-13-14-15-16-17-18-20-22-24-28(34)30(36)31-26(25-32)29(35)27(33)23-21-19-10-8-6-4-2/h26-29,32-35H,3-25H2,1-2H3,(H,31,36). The number of unbranched alkanes of at least 4 members (excludes halogenated alkanes) is 18. The van der Waals surface area contributed by atoms with Gasteiger partial charge >= 0.3 is 0 Å². The first-order valence-corrected chi connectivity index (χ1v) is 15.4. The van der Waals surface area contributed by atoms with Crippen LogP contribution in [0.5, 0.6) is 0 Å². The molecule has 4 unspecified atom stereocenters. The molecule has 36 heavy (non-hydrogen) atoms. The number of amides is 1. The quantitative estimate of drug-likeness (QED) is 0.0841. The van der Waals surface area contributed by atoms with Gasteiger partial charge in [0.2, 0.25) is 5.91 Å². The minimum Gasteiger partial charge on any atom is -0.394 e. The average molecular weight is 516 g/mol. The van der Waals surface area contributed by atoms with E-state index >= 15 is 0 Å². The third-order valence-corrected chi connectivity index (χ3v) is 7.32. The molecule has 6 nitrogen and oxygen atoms in total. The fourth-order valence-corrected chi connectivity index (χ4v) is 4.75. The molecule has 5 N–H and O–H groups in total. The van der Waals surface area contributed by atoms with Gasteiger partial charge in [-0.3, -0.25) is 4.79 Å². The number of rotatable bonds is 27. The van der Waals surface area contributed by atoms with Crippen LogP contribution in [0.15, 0.2) is 0 Å². The van der Waals surface area contributed by atoms with E-state index in [1.165, 1.54) is 89.9 Å². The van der Waals surface area contributed by atoms with Crippen LogP contribution >= 0.6 is 0 Å². The van der Waals surface area contributed by atoms with Crippen molar-refractivity contribution in [2.24, 2.45) is 0 Å². The number of aliphatic hydroxyl groups excluding tert-OH is 4. The maximum Gasteiger partial charge on any atom is 0.249 e. The van der Waals surface area contributed by atoms with E-state index in [9.17, 15) is 25.2 Å². The Hall–Kier alpha value is -0.690. The number of nitrogens with one attached hydrogen (secondary N) is 1. The molecule has 216 valence electrons. The van der Waals surface area contributed by atoms with Gasteiger partial charge in [0.1, 0.15) is 12.2 Å². The van der Waals surface area contributed by atoms with Gasteiger partial charge in [0.15, 0.2) is 0 Å². The zero-order chi connectivity index (χ0) is 26.9. The van der Waals surface area contributed by atoms with Gasteiger partial charge in [-0.05, 0) is 12.8 Å². The molecule has 0 aromatic heterocycles. The number of hydrogen-bond donors (Lipinski definition) is 5. The zero-order valence-corrected chi connectivity index (χ0v) is 23.8. The fourth-order valence-electron chi connectivity index (χ4n) is 4.75. The van der Waals surface area contributed by atoms with Gasteiger partial charge in [0, 0.05) is 0 Å². The molecular weight excluding hydrogens is 454 g/mol. The van der Waals surface area contributed by atoms with Gasteiger partial charge in [0.05, 0.1) is 18.8 Å². The first-order chi connectivity index (χ1) is 17.5. The van der Waals surface area contributed by atoms with Gasteiger partial charge in [-0.15, -0.1) is 0 Å². The minimum atomic E-state index is -1.25. The third kappa shape index (κ3) is 20.4. The summed E-state index contributed by atoms with van der Waals surface area (Å²) in [6.07, 6.45) is 21.4. The van der Waals surface area contributed by atoms with Crippen molar-refractivity contribution in [1.29, 1.82) is 0 Å². The molecule has 6 heteroatoms. The smallest absolute Gasteiger partial charge is 0.249 e. The summed E-state index contributed by atoms with van der Waals surface area (Å²) in [5.74, 6) is -0.588. The van der Waals surface area contributed by atoms with E-state index < -0.39 is 36.9 Å². The van der Waals surface area contributed by atoms with Crippen molar-refractivity contribution in [1.82, 2.24) is 5.32 Å². The second-order valence-electron chi connectivity index (χ2n) is 10.8. The molecule has 4 atom stereocenters. The molecular formula is C30H61NO5. The van der Waals surface area contributed by atoms with Crippen molar-refractivity contribution >= 4 is 5.91 Å². The van der Waals surface area contributed by atoms with Gasteiger partial charge in [-0.2, -0.15) is 0 Å². The van der Waals surface area contributed by atoms with Crippen molar-refractivity contribution in [2.75, 3.05) is 6.61 Å². The van der Waals surface area contributed by atoms with Gasteiger partial charge in [-0.1, -0.05) is 142 Å². The Labute approximate surface area is 222 Å². The highest BCUT2D eigenvalue weighted by molar-refractivity contribution is 5.80. The predicted molar refractivity (Wildman–Crippen MR) is 150 cm³/mol. The maximum atomic E-state index is 12.3. The Kier molecular flexibility index (Phi) is 25.4. The van der Waals surface area contributed by atoms with Crippen LogP contribution < -0.4 is 5.32 Å². The molecule has 0 bridgehead atoms. The lowest BCUT2D eigenvalue weighted by atomic mass is 9.99. The maximum absolute atomic E-state index is 12.3. The molecule has 0 radical (unpaired) electrons. The van der Waals surface area contributed by atoms with E-state index in [0.717, 1.165) is 38.5 Å². The van der Waals surface area contributed by atoms with E-state index in [1.54, 1.807) is 0 Å². The summed E-state index contributed by atoms with van der Waals surface area (Å²) in [5.41, 5.74) is 0. The molecule has 1 amide bonds. The molecule has 0 aliphatic rings.